The van der Waals surface area contributed by atoms with Gasteiger partial charge in [-0.05, 0) is 45.0 Å². The number of hydrogen-bond acceptors (Lipinski definition) is 6. The van der Waals surface area contributed by atoms with E-state index in [1.807, 2.05) is 45.0 Å². The topological polar surface area (TPSA) is 85.4 Å². The number of nitrogens with one attached hydrogen (secondary N) is 2. The van der Waals surface area contributed by atoms with Crippen molar-refractivity contribution in [3.63, 3.8) is 0 Å². The van der Waals surface area contributed by atoms with Gasteiger partial charge in [-0.2, -0.15) is 0 Å². The number of carbonyl (C=O) groups is 1. The average Bonchev–Trinajstić information content (AvgIpc) is 2.58. The monoisotopic (exact) mass is 344 g/mol. The van der Waals surface area contributed by atoms with Gasteiger partial charge in [-0.15, -0.1) is 0 Å². The molecule has 0 aliphatic carbocycles. The lowest BCUT2D eigenvalue weighted by Crippen LogP contribution is -2.29. The zero-order chi connectivity index (χ0) is 18.3. The molecule has 2 N–H and O–H groups in total. The molecule has 0 saturated carbocycles. The van der Waals surface area contributed by atoms with E-state index >= 15 is 0 Å². The molecule has 7 heteroatoms. The quantitative estimate of drug-likeness (QED) is 0.751. The number of methoxy groups -OCH3 is 1. The zero-order valence-corrected chi connectivity index (χ0v) is 15.0. The summed E-state index contributed by atoms with van der Waals surface area (Å²) >= 11 is 0. The Balaban J connectivity index is 1.76. The lowest BCUT2D eigenvalue weighted by molar-refractivity contribution is 0.0941. The predicted octanol–water partition coefficient (Wildman–Crippen LogP) is 2.50. The lowest BCUT2D eigenvalue weighted by atomic mass is 10.1. The molecule has 1 heterocycles. The van der Waals surface area contributed by atoms with Gasteiger partial charge >= 0.3 is 0 Å². The van der Waals surface area contributed by atoms with Crippen molar-refractivity contribution in [2.45, 2.75) is 26.3 Å². The second-order valence-electron chi connectivity index (χ2n) is 6.44. The van der Waals surface area contributed by atoms with Crippen LogP contribution in [-0.4, -0.2) is 41.7 Å². The molecule has 25 heavy (non-hydrogen) atoms. The molecule has 1 amide bonds. The minimum atomic E-state index is -0.284. The Morgan fingerprint density at radius 1 is 1.08 bits per heavy atom. The van der Waals surface area contributed by atoms with Gasteiger partial charge in [-0.25, -0.2) is 9.97 Å². The van der Waals surface area contributed by atoms with Crippen LogP contribution in [0.2, 0.25) is 0 Å². The maximum absolute atomic E-state index is 12.0. The minimum Gasteiger partial charge on any atom is -0.497 e. The van der Waals surface area contributed by atoms with E-state index in [9.17, 15) is 4.79 Å². The van der Waals surface area contributed by atoms with Gasteiger partial charge in [0.1, 0.15) is 29.6 Å². The third kappa shape index (κ3) is 6.29. The molecule has 0 spiro atoms. The predicted molar refractivity (Wildman–Crippen MR) is 96.2 cm³/mol. The summed E-state index contributed by atoms with van der Waals surface area (Å²) in [6.07, 6.45) is 3.00. The largest absolute Gasteiger partial charge is 0.497 e. The number of nitrogens with zero attached hydrogens (tertiary/aromatic N) is 2. The highest BCUT2D eigenvalue weighted by molar-refractivity contribution is 5.91. The standard InChI is InChI=1S/C18H24N4O3/c1-18(2,3)22-16-12-20-15(11-21-16)17(23)19-9-10-25-14-7-5-13(24-4)6-8-14/h5-8,11-12H,9-10H2,1-4H3,(H,19,23)(H,21,22). The zero-order valence-electron chi connectivity index (χ0n) is 15.0. The third-order valence-corrected chi connectivity index (χ3v) is 3.10. The van der Waals surface area contributed by atoms with Gasteiger partial charge < -0.3 is 20.1 Å². The SMILES string of the molecule is COc1ccc(OCCNC(=O)c2cnc(NC(C)(C)C)cn2)cc1. The Kier molecular flexibility index (Phi) is 6.16. The van der Waals surface area contributed by atoms with E-state index in [4.69, 9.17) is 9.47 Å². The maximum Gasteiger partial charge on any atom is 0.271 e. The van der Waals surface area contributed by atoms with Crippen LogP contribution in [0.3, 0.4) is 0 Å². The van der Waals surface area contributed by atoms with Crippen molar-refractivity contribution < 1.29 is 14.3 Å². The summed E-state index contributed by atoms with van der Waals surface area (Å²) in [5.74, 6) is 1.83. The molecule has 0 fully saturated rings. The Hall–Kier alpha value is -2.83. The molecule has 2 aromatic rings. The second-order valence-corrected chi connectivity index (χ2v) is 6.44. The van der Waals surface area contributed by atoms with Gasteiger partial charge in [-0.1, -0.05) is 0 Å². The smallest absolute Gasteiger partial charge is 0.271 e. The number of aromatic nitrogens is 2. The van der Waals surface area contributed by atoms with Crippen molar-refractivity contribution in [2.24, 2.45) is 0 Å². The summed E-state index contributed by atoms with van der Waals surface area (Å²) in [4.78, 5) is 20.4. The third-order valence-electron chi connectivity index (χ3n) is 3.10. The van der Waals surface area contributed by atoms with Crippen LogP contribution < -0.4 is 20.1 Å². The van der Waals surface area contributed by atoms with Crippen LogP contribution in [0.5, 0.6) is 11.5 Å². The van der Waals surface area contributed by atoms with Crippen molar-refractivity contribution in [1.29, 1.82) is 0 Å². The first-order chi connectivity index (χ1) is 11.9. The fourth-order valence-electron chi connectivity index (χ4n) is 1.99. The van der Waals surface area contributed by atoms with Crippen molar-refractivity contribution in [3.05, 3.63) is 42.4 Å². The molecular weight excluding hydrogens is 320 g/mol. The first-order valence-electron chi connectivity index (χ1n) is 8.03. The van der Waals surface area contributed by atoms with E-state index in [0.717, 1.165) is 5.75 Å². The van der Waals surface area contributed by atoms with E-state index < -0.39 is 0 Å². The molecule has 0 radical (unpaired) electrons. The molecule has 0 saturated heterocycles. The summed E-state index contributed by atoms with van der Waals surface area (Å²) in [5.41, 5.74) is 0.154. The Bertz CT molecular complexity index is 679. The number of anilines is 1. The van der Waals surface area contributed by atoms with Gasteiger partial charge in [0.25, 0.3) is 5.91 Å². The molecule has 134 valence electrons. The fraction of sp³-hybridized carbons (Fsp3) is 0.389. The van der Waals surface area contributed by atoms with Crippen molar-refractivity contribution in [3.8, 4) is 11.5 Å². The molecule has 0 bridgehead atoms. The van der Waals surface area contributed by atoms with E-state index in [0.29, 0.717) is 24.7 Å². The van der Waals surface area contributed by atoms with Crippen molar-refractivity contribution in [1.82, 2.24) is 15.3 Å². The van der Waals surface area contributed by atoms with Crippen LogP contribution in [-0.2, 0) is 0 Å². The molecule has 7 nitrogen and oxygen atoms in total. The summed E-state index contributed by atoms with van der Waals surface area (Å²) in [5, 5.41) is 5.94. The fourth-order valence-corrected chi connectivity index (χ4v) is 1.99. The molecule has 1 aromatic carbocycles. The van der Waals surface area contributed by atoms with Gasteiger partial charge in [0.15, 0.2) is 0 Å². The summed E-state index contributed by atoms with van der Waals surface area (Å²) in [6, 6.07) is 7.26. The van der Waals surface area contributed by atoms with E-state index in [2.05, 4.69) is 20.6 Å². The van der Waals surface area contributed by atoms with Crippen LogP contribution in [0.1, 0.15) is 31.3 Å². The van der Waals surface area contributed by atoms with Crippen LogP contribution in [0.25, 0.3) is 0 Å². The number of rotatable bonds is 7. The van der Waals surface area contributed by atoms with Gasteiger partial charge in [0, 0.05) is 5.54 Å². The molecular formula is C18H24N4O3. The number of hydrogen-bond donors (Lipinski definition) is 2. The molecule has 1 aromatic heterocycles. The van der Waals surface area contributed by atoms with E-state index in [1.54, 1.807) is 13.3 Å². The average molecular weight is 344 g/mol. The Morgan fingerprint density at radius 2 is 1.76 bits per heavy atom. The normalized spacial score (nSPS) is 10.9. The van der Waals surface area contributed by atoms with Crippen molar-refractivity contribution >= 4 is 11.7 Å². The van der Waals surface area contributed by atoms with Gasteiger partial charge in [-0.3, -0.25) is 4.79 Å². The molecule has 2 rings (SSSR count). The van der Waals surface area contributed by atoms with Gasteiger partial charge in [0.2, 0.25) is 0 Å². The van der Waals surface area contributed by atoms with Crippen LogP contribution in [0, 0.1) is 0 Å². The number of amides is 1. The lowest BCUT2D eigenvalue weighted by Gasteiger charge is -2.20. The van der Waals surface area contributed by atoms with E-state index in [1.165, 1.54) is 6.20 Å². The van der Waals surface area contributed by atoms with Gasteiger partial charge in [0.05, 0.1) is 26.0 Å². The first-order valence-corrected chi connectivity index (χ1v) is 8.03. The van der Waals surface area contributed by atoms with Crippen LogP contribution >= 0.6 is 0 Å². The molecule has 0 atom stereocenters. The highest BCUT2D eigenvalue weighted by Crippen LogP contribution is 2.16. The van der Waals surface area contributed by atoms with Crippen LogP contribution in [0.4, 0.5) is 5.82 Å². The highest BCUT2D eigenvalue weighted by atomic mass is 16.5. The summed E-state index contributed by atoms with van der Waals surface area (Å²) in [7, 11) is 1.61. The summed E-state index contributed by atoms with van der Waals surface area (Å²) < 4.78 is 10.6. The Morgan fingerprint density at radius 3 is 2.32 bits per heavy atom. The first kappa shape index (κ1) is 18.5. The Labute approximate surface area is 147 Å². The molecule has 0 unspecified atom stereocenters. The minimum absolute atomic E-state index is 0.114. The highest BCUT2D eigenvalue weighted by Gasteiger charge is 2.12. The van der Waals surface area contributed by atoms with Crippen molar-refractivity contribution in [2.75, 3.05) is 25.6 Å². The maximum atomic E-state index is 12.0. The number of ether oxygens (including phenoxy) is 2. The van der Waals surface area contributed by atoms with E-state index in [-0.39, 0.29) is 17.1 Å². The molecule has 0 aliphatic rings. The van der Waals surface area contributed by atoms with Crippen LogP contribution in [0.15, 0.2) is 36.7 Å². The molecule has 0 aliphatic heterocycles. The second kappa shape index (κ2) is 8.32. The number of carbonyl (C=O) groups excluding carboxylic acids is 1. The number of benzene rings is 1. The summed E-state index contributed by atoms with van der Waals surface area (Å²) in [6.45, 7) is 6.80.